The summed E-state index contributed by atoms with van der Waals surface area (Å²) in [6.07, 6.45) is 2.49. The molecule has 2 aromatic rings. The molecule has 0 aliphatic carbocycles. The third-order valence-corrected chi connectivity index (χ3v) is 2.78. The minimum absolute atomic E-state index is 0.0942. The second-order valence-electron chi connectivity index (χ2n) is 3.91. The van der Waals surface area contributed by atoms with Crippen LogP contribution in [0.25, 0.3) is 11.3 Å². The number of imidazole rings is 1. The highest BCUT2D eigenvalue weighted by atomic mass is 16.4. The van der Waals surface area contributed by atoms with E-state index in [4.69, 9.17) is 5.11 Å². The Balaban J connectivity index is 2.51. The zero-order chi connectivity index (χ0) is 12.4. The van der Waals surface area contributed by atoms with Gasteiger partial charge < -0.3 is 9.67 Å². The predicted molar refractivity (Wildman–Crippen MR) is 65.0 cm³/mol. The van der Waals surface area contributed by atoms with Gasteiger partial charge in [-0.3, -0.25) is 0 Å². The van der Waals surface area contributed by atoms with Crippen LogP contribution in [0.5, 0.6) is 0 Å². The number of nitrogens with zero attached hydrogens (tertiary/aromatic N) is 2. The summed E-state index contributed by atoms with van der Waals surface area (Å²) in [6, 6.07) is 7.88. The standard InChI is InChI=1S/C13H14N2O2/c1-3-9-4-6-10(7-5-9)12-11(13(16)17)14-8-15(12)2/h4-8H,3H2,1-2H3,(H,16,17). The van der Waals surface area contributed by atoms with Crippen molar-refractivity contribution in [3.8, 4) is 11.3 Å². The Morgan fingerprint density at radius 2 is 2.00 bits per heavy atom. The van der Waals surface area contributed by atoms with E-state index in [-0.39, 0.29) is 5.69 Å². The molecule has 4 heteroatoms. The number of carboxylic acids is 1. The first kappa shape index (κ1) is 11.4. The Morgan fingerprint density at radius 3 is 2.53 bits per heavy atom. The highest BCUT2D eigenvalue weighted by Crippen LogP contribution is 2.23. The van der Waals surface area contributed by atoms with Crippen molar-refractivity contribution in [2.24, 2.45) is 7.05 Å². The van der Waals surface area contributed by atoms with Crippen molar-refractivity contribution in [2.45, 2.75) is 13.3 Å². The molecule has 1 aromatic carbocycles. The molecule has 0 unspecified atom stereocenters. The summed E-state index contributed by atoms with van der Waals surface area (Å²) in [5.41, 5.74) is 2.84. The van der Waals surface area contributed by atoms with Crippen molar-refractivity contribution in [3.05, 3.63) is 41.9 Å². The molecular weight excluding hydrogens is 216 g/mol. The minimum Gasteiger partial charge on any atom is -0.476 e. The Morgan fingerprint density at radius 1 is 1.35 bits per heavy atom. The minimum atomic E-state index is -1.000. The number of benzene rings is 1. The molecule has 0 fully saturated rings. The second kappa shape index (κ2) is 4.41. The molecule has 88 valence electrons. The van der Waals surface area contributed by atoms with Crippen LogP contribution in [0.2, 0.25) is 0 Å². The summed E-state index contributed by atoms with van der Waals surface area (Å²) in [7, 11) is 1.79. The molecule has 0 bridgehead atoms. The fourth-order valence-corrected chi connectivity index (χ4v) is 1.83. The van der Waals surface area contributed by atoms with Crippen molar-refractivity contribution in [3.63, 3.8) is 0 Å². The Labute approximate surface area is 99.5 Å². The lowest BCUT2D eigenvalue weighted by molar-refractivity contribution is 0.0692. The number of rotatable bonds is 3. The number of hydrogen-bond donors (Lipinski definition) is 1. The molecule has 0 spiro atoms. The van der Waals surface area contributed by atoms with E-state index in [1.807, 2.05) is 24.3 Å². The molecule has 1 aromatic heterocycles. The van der Waals surface area contributed by atoms with Crippen LogP contribution >= 0.6 is 0 Å². The van der Waals surface area contributed by atoms with Crippen molar-refractivity contribution in [1.29, 1.82) is 0 Å². The Hall–Kier alpha value is -2.10. The van der Waals surface area contributed by atoms with Gasteiger partial charge in [-0.1, -0.05) is 31.2 Å². The lowest BCUT2D eigenvalue weighted by Gasteiger charge is -2.05. The van der Waals surface area contributed by atoms with Gasteiger partial charge >= 0.3 is 5.97 Å². The highest BCUT2D eigenvalue weighted by molar-refractivity contribution is 5.92. The van der Waals surface area contributed by atoms with Crippen molar-refractivity contribution in [2.75, 3.05) is 0 Å². The first-order valence-electron chi connectivity index (χ1n) is 5.47. The summed E-state index contributed by atoms with van der Waals surface area (Å²) in [5.74, 6) is -1.000. The maximum atomic E-state index is 11.1. The average molecular weight is 230 g/mol. The van der Waals surface area contributed by atoms with Crippen LogP contribution in [0.4, 0.5) is 0 Å². The zero-order valence-electron chi connectivity index (χ0n) is 9.84. The summed E-state index contributed by atoms with van der Waals surface area (Å²) in [5, 5.41) is 9.07. The maximum Gasteiger partial charge on any atom is 0.356 e. The van der Waals surface area contributed by atoms with E-state index < -0.39 is 5.97 Å². The van der Waals surface area contributed by atoms with Crippen LogP contribution in [0.1, 0.15) is 23.0 Å². The number of aromatic carboxylic acids is 1. The van der Waals surface area contributed by atoms with Gasteiger partial charge in [-0.05, 0) is 12.0 Å². The number of aryl methyl sites for hydroxylation is 2. The highest BCUT2D eigenvalue weighted by Gasteiger charge is 2.16. The molecule has 0 aliphatic rings. The third-order valence-electron chi connectivity index (χ3n) is 2.78. The van der Waals surface area contributed by atoms with Gasteiger partial charge in [0.1, 0.15) is 0 Å². The number of carbonyl (C=O) groups is 1. The van der Waals surface area contributed by atoms with Crippen LogP contribution < -0.4 is 0 Å². The van der Waals surface area contributed by atoms with Gasteiger partial charge in [0.2, 0.25) is 0 Å². The molecular formula is C13H14N2O2. The van der Waals surface area contributed by atoms with E-state index in [0.717, 1.165) is 12.0 Å². The van der Waals surface area contributed by atoms with E-state index >= 15 is 0 Å². The molecule has 0 saturated heterocycles. The van der Waals surface area contributed by atoms with Gasteiger partial charge in [0.15, 0.2) is 5.69 Å². The molecule has 4 nitrogen and oxygen atoms in total. The van der Waals surface area contributed by atoms with Crippen LogP contribution in [0.15, 0.2) is 30.6 Å². The smallest absolute Gasteiger partial charge is 0.356 e. The molecule has 0 saturated carbocycles. The van der Waals surface area contributed by atoms with E-state index in [0.29, 0.717) is 5.69 Å². The fourth-order valence-electron chi connectivity index (χ4n) is 1.83. The van der Waals surface area contributed by atoms with Gasteiger partial charge in [0, 0.05) is 12.6 Å². The van der Waals surface area contributed by atoms with Crippen LogP contribution in [-0.2, 0) is 13.5 Å². The number of carboxylic acid groups (broad SMARTS) is 1. The van der Waals surface area contributed by atoms with Gasteiger partial charge in [0.25, 0.3) is 0 Å². The summed E-state index contributed by atoms with van der Waals surface area (Å²) < 4.78 is 1.73. The topological polar surface area (TPSA) is 55.1 Å². The first-order chi connectivity index (χ1) is 8.13. The summed E-state index contributed by atoms with van der Waals surface area (Å²) in [6.45, 7) is 2.09. The number of aromatic nitrogens is 2. The van der Waals surface area contributed by atoms with Crippen LogP contribution in [0.3, 0.4) is 0 Å². The van der Waals surface area contributed by atoms with Gasteiger partial charge in [-0.15, -0.1) is 0 Å². The fraction of sp³-hybridized carbons (Fsp3) is 0.231. The van der Waals surface area contributed by atoms with Crippen molar-refractivity contribution < 1.29 is 9.90 Å². The monoisotopic (exact) mass is 230 g/mol. The van der Waals surface area contributed by atoms with E-state index in [2.05, 4.69) is 11.9 Å². The van der Waals surface area contributed by atoms with E-state index in [1.54, 1.807) is 11.6 Å². The quantitative estimate of drug-likeness (QED) is 0.880. The molecule has 1 heterocycles. The molecule has 17 heavy (non-hydrogen) atoms. The van der Waals surface area contributed by atoms with E-state index in [1.165, 1.54) is 11.9 Å². The molecule has 2 rings (SSSR count). The molecule has 0 aliphatic heterocycles. The maximum absolute atomic E-state index is 11.1. The van der Waals surface area contributed by atoms with Crippen LogP contribution in [-0.4, -0.2) is 20.6 Å². The lowest BCUT2D eigenvalue weighted by atomic mass is 10.1. The second-order valence-corrected chi connectivity index (χ2v) is 3.91. The normalized spacial score (nSPS) is 10.5. The molecule has 0 atom stereocenters. The average Bonchev–Trinajstić information content (AvgIpc) is 2.71. The Kier molecular flexibility index (Phi) is 2.95. The number of hydrogen-bond acceptors (Lipinski definition) is 2. The van der Waals surface area contributed by atoms with Gasteiger partial charge in [0.05, 0.1) is 12.0 Å². The predicted octanol–water partition coefficient (Wildman–Crippen LogP) is 2.35. The third kappa shape index (κ3) is 2.06. The largest absolute Gasteiger partial charge is 0.476 e. The molecule has 1 N–H and O–H groups in total. The summed E-state index contributed by atoms with van der Waals surface area (Å²) in [4.78, 5) is 15.0. The van der Waals surface area contributed by atoms with Crippen molar-refractivity contribution >= 4 is 5.97 Å². The van der Waals surface area contributed by atoms with Crippen LogP contribution in [0, 0.1) is 0 Å². The lowest BCUT2D eigenvalue weighted by Crippen LogP contribution is -2.01. The molecule has 0 radical (unpaired) electrons. The van der Waals surface area contributed by atoms with Gasteiger partial charge in [-0.25, -0.2) is 9.78 Å². The Bertz CT molecular complexity index is 541. The SMILES string of the molecule is CCc1ccc(-c2c(C(=O)O)ncn2C)cc1. The summed E-state index contributed by atoms with van der Waals surface area (Å²) >= 11 is 0. The zero-order valence-corrected chi connectivity index (χ0v) is 9.84. The van der Waals surface area contributed by atoms with Gasteiger partial charge in [-0.2, -0.15) is 0 Å². The van der Waals surface area contributed by atoms with Crippen molar-refractivity contribution in [1.82, 2.24) is 9.55 Å². The molecule has 0 amide bonds. The first-order valence-corrected chi connectivity index (χ1v) is 5.47. The van der Waals surface area contributed by atoms with E-state index in [9.17, 15) is 4.79 Å².